The number of aromatic nitrogens is 3. The highest BCUT2D eigenvalue weighted by Crippen LogP contribution is 2.40. The molecule has 3 aromatic rings. The zero-order valence-corrected chi connectivity index (χ0v) is 19.3. The van der Waals surface area contributed by atoms with Gasteiger partial charge in [-0.2, -0.15) is 9.61 Å². The summed E-state index contributed by atoms with van der Waals surface area (Å²) in [5.41, 5.74) is 11.7. The van der Waals surface area contributed by atoms with Gasteiger partial charge < -0.3 is 16.2 Å². The number of allylic oxidation sites excluding steroid dienone is 2. The Balaban J connectivity index is 1.48. The summed E-state index contributed by atoms with van der Waals surface area (Å²) < 4.78 is 15.6. The fourth-order valence-electron chi connectivity index (χ4n) is 4.63. The first-order valence-corrected chi connectivity index (χ1v) is 11.7. The van der Waals surface area contributed by atoms with E-state index >= 15 is 0 Å². The molecular weight excluding hydrogens is 489 g/mol. The Morgan fingerprint density at radius 2 is 1.91 bits per heavy atom. The molecule has 1 aliphatic carbocycles. The van der Waals surface area contributed by atoms with Gasteiger partial charge in [-0.3, -0.25) is 4.79 Å². The second kappa shape index (κ2) is 8.62. The van der Waals surface area contributed by atoms with Gasteiger partial charge in [0.15, 0.2) is 5.65 Å². The first-order valence-electron chi connectivity index (χ1n) is 10.9. The van der Waals surface area contributed by atoms with Crippen molar-refractivity contribution in [2.45, 2.75) is 31.6 Å². The van der Waals surface area contributed by atoms with Gasteiger partial charge in [0.05, 0.1) is 22.3 Å². The summed E-state index contributed by atoms with van der Waals surface area (Å²) in [6.45, 7) is 0.571. The van der Waals surface area contributed by atoms with Crippen LogP contribution in [0.4, 0.5) is 10.2 Å². The second-order valence-electron chi connectivity index (χ2n) is 8.51. The van der Waals surface area contributed by atoms with Crippen LogP contribution in [0, 0.1) is 11.7 Å². The number of fused-ring (bicyclic) bond motifs is 1. The topological polar surface area (TPSA) is 106 Å². The molecule has 0 saturated heterocycles. The van der Waals surface area contributed by atoms with E-state index in [1.165, 1.54) is 12.1 Å². The quantitative estimate of drug-likeness (QED) is 0.472. The monoisotopic (exact) mass is 511 g/mol. The van der Waals surface area contributed by atoms with E-state index in [-0.39, 0.29) is 17.7 Å². The summed E-state index contributed by atoms with van der Waals surface area (Å²) in [6.07, 6.45) is 8.54. The van der Waals surface area contributed by atoms with Crippen molar-refractivity contribution in [3.63, 3.8) is 0 Å². The van der Waals surface area contributed by atoms with Crippen LogP contribution >= 0.6 is 15.9 Å². The molecule has 1 aromatic carbocycles. The summed E-state index contributed by atoms with van der Waals surface area (Å²) in [6, 6.07) is 6.37. The van der Waals surface area contributed by atoms with Crippen molar-refractivity contribution in [3.8, 4) is 0 Å². The van der Waals surface area contributed by atoms with Crippen molar-refractivity contribution in [1.29, 1.82) is 0 Å². The summed E-state index contributed by atoms with van der Waals surface area (Å²) in [5, 5.41) is 17.1. The number of carbonyl (C=O) groups is 1. The minimum absolute atomic E-state index is 0.147. The molecule has 0 unspecified atom stereocenters. The molecule has 0 bridgehead atoms. The highest BCUT2D eigenvalue weighted by molar-refractivity contribution is 9.10. The van der Waals surface area contributed by atoms with Crippen molar-refractivity contribution < 1.29 is 14.3 Å². The molecule has 2 aromatic heterocycles. The molecule has 33 heavy (non-hydrogen) atoms. The number of nitrogens with one attached hydrogen (secondary N) is 1. The van der Waals surface area contributed by atoms with Crippen molar-refractivity contribution in [2.75, 3.05) is 12.3 Å². The van der Waals surface area contributed by atoms with Crippen LogP contribution in [-0.4, -0.2) is 32.2 Å². The summed E-state index contributed by atoms with van der Waals surface area (Å²) in [5.74, 6) is -0.646. The lowest BCUT2D eigenvalue weighted by molar-refractivity contribution is -0.142. The first-order chi connectivity index (χ1) is 15.9. The largest absolute Gasteiger partial charge is 0.481 e. The number of nitrogen functional groups attached to an aromatic ring is 1. The number of nitrogens with two attached hydrogens (primary N) is 1. The summed E-state index contributed by atoms with van der Waals surface area (Å²) in [4.78, 5) is 16.3. The van der Waals surface area contributed by atoms with Gasteiger partial charge in [0.1, 0.15) is 11.6 Å². The van der Waals surface area contributed by atoms with Crippen molar-refractivity contribution in [1.82, 2.24) is 19.9 Å². The van der Waals surface area contributed by atoms with E-state index in [0.29, 0.717) is 30.9 Å². The average Bonchev–Trinajstić information content (AvgIpc) is 3.26. The first kappa shape index (κ1) is 21.6. The number of benzene rings is 1. The van der Waals surface area contributed by atoms with Crippen LogP contribution in [0.2, 0.25) is 0 Å². The molecular formula is C24H23BrFN5O2. The van der Waals surface area contributed by atoms with E-state index < -0.39 is 5.97 Å². The van der Waals surface area contributed by atoms with Gasteiger partial charge in [0.25, 0.3) is 0 Å². The molecule has 1 saturated carbocycles. The Hall–Kier alpha value is -3.20. The maximum atomic E-state index is 13.2. The molecule has 170 valence electrons. The maximum absolute atomic E-state index is 13.2. The summed E-state index contributed by atoms with van der Waals surface area (Å²) in [7, 11) is 0. The van der Waals surface area contributed by atoms with Gasteiger partial charge in [-0.1, -0.05) is 18.2 Å². The number of aliphatic carboxylic acids is 1. The van der Waals surface area contributed by atoms with Crippen LogP contribution in [0.15, 0.2) is 47.1 Å². The van der Waals surface area contributed by atoms with Gasteiger partial charge in [-0.15, -0.1) is 0 Å². The smallest absolute Gasteiger partial charge is 0.306 e. The highest BCUT2D eigenvalue weighted by Gasteiger charge is 2.30. The van der Waals surface area contributed by atoms with Gasteiger partial charge in [-0.25, -0.2) is 9.37 Å². The third-order valence-corrected chi connectivity index (χ3v) is 7.35. The predicted octanol–water partition coefficient (Wildman–Crippen LogP) is 4.60. The average molecular weight is 512 g/mol. The van der Waals surface area contributed by atoms with Crippen LogP contribution in [0.5, 0.6) is 0 Å². The molecule has 3 heterocycles. The second-order valence-corrected chi connectivity index (χ2v) is 9.30. The van der Waals surface area contributed by atoms with Crippen LogP contribution in [-0.2, 0) is 4.79 Å². The molecule has 5 rings (SSSR count). The lowest BCUT2D eigenvalue weighted by atomic mass is 9.80. The number of anilines is 1. The molecule has 1 aliphatic heterocycles. The number of carboxylic acid groups (broad SMARTS) is 1. The SMILES string of the molecule is Nc1c(Br)c(C2CCC(C(=O)O)CC2)nc2c(C3=CC=C(c4ccc(F)cc4)NC3)cnn12. The Morgan fingerprint density at radius 1 is 1.18 bits per heavy atom. The van der Waals surface area contributed by atoms with E-state index in [1.54, 1.807) is 22.8 Å². The number of carboxylic acids is 1. The molecule has 0 spiro atoms. The summed E-state index contributed by atoms with van der Waals surface area (Å²) >= 11 is 3.60. The number of rotatable bonds is 4. The normalized spacial score (nSPS) is 20.8. The van der Waals surface area contributed by atoms with E-state index in [1.807, 2.05) is 12.2 Å². The molecule has 1 fully saturated rings. The molecule has 0 atom stereocenters. The van der Waals surface area contributed by atoms with E-state index in [2.05, 4.69) is 26.3 Å². The van der Waals surface area contributed by atoms with E-state index in [0.717, 1.165) is 45.4 Å². The molecule has 7 nitrogen and oxygen atoms in total. The van der Waals surface area contributed by atoms with Crippen LogP contribution < -0.4 is 11.1 Å². The molecule has 9 heteroatoms. The lowest BCUT2D eigenvalue weighted by Crippen LogP contribution is -2.22. The number of halogens is 2. The number of hydrogen-bond acceptors (Lipinski definition) is 5. The van der Waals surface area contributed by atoms with Gasteiger partial charge in [-0.05, 0) is 71.0 Å². The zero-order chi connectivity index (χ0) is 23.1. The minimum atomic E-state index is -0.724. The number of hydrogen-bond donors (Lipinski definition) is 3. The van der Waals surface area contributed by atoms with Crippen molar-refractivity contribution in [3.05, 3.63) is 69.7 Å². The van der Waals surface area contributed by atoms with Crippen LogP contribution in [0.3, 0.4) is 0 Å². The van der Waals surface area contributed by atoms with Crippen molar-refractivity contribution >= 4 is 44.6 Å². The van der Waals surface area contributed by atoms with Crippen LogP contribution in [0.25, 0.3) is 16.9 Å². The van der Waals surface area contributed by atoms with Gasteiger partial charge in [0, 0.05) is 23.7 Å². The highest BCUT2D eigenvalue weighted by atomic mass is 79.9. The number of nitrogens with zero attached hydrogens (tertiary/aromatic N) is 3. The molecule has 0 radical (unpaired) electrons. The molecule has 4 N–H and O–H groups in total. The Labute approximate surface area is 198 Å². The fraction of sp³-hybridized carbons (Fsp3) is 0.292. The Kier molecular flexibility index (Phi) is 5.65. The van der Waals surface area contributed by atoms with Crippen molar-refractivity contribution in [2.24, 2.45) is 5.92 Å². The Bertz CT molecular complexity index is 1290. The third-order valence-electron chi connectivity index (χ3n) is 6.53. The fourth-order valence-corrected chi connectivity index (χ4v) is 5.21. The number of dihydropyridines is 1. The standard InChI is InChI=1S/C24H23BrFN5O2/c25-20-21(14-1-3-15(4-2-14)24(32)33)30-23-18(12-29-31(23)22(20)27)16-7-10-19(28-11-16)13-5-8-17(26)9-6-13/h5-10,12,14-15,28H,1-4,11,27H2,(H,32,33). The van der Waals surface area contributed by atoms with Gasteiger partial charge in [0.2, 0.25) is 0 Å². The third kappa shape index (κ3) is 4.01. The Morgan fingerprint density at radius 3 is 2.55 bits per heavy atom. The van der Waals surface area contributed by atoms with E-state index in [9.17, 15) is 14.3 Å². The van der Waals surface area contributed by atoms with Gasteiger partial charge >= 0.3 is 5.97 Å². The molecule has 0 amide bonds. The lowest BCUT2D eigenvalue weighted by Gasteiger charge is -2.26. The van der Waals surface area contributed by atoms with Crippen LogP contribution in [0.1, 0.15) is 48.4 Å². The molecule has 2 aliphatic rings. The predicted molar refractivity (Wildman–Crippen MR) is 128 cm³/mol. The maximum Gasteiger partial charge on any atom is 0.306 e. The zero-order valence-electron chi connectivity index (χ0n) is 17.8. The van der Waals surface area contributed by atoms with E-state index in [4.69, 9.17) is 10.7 Å². The minimum Gasteiger partial charge on any atom is -0.481 e.